The van der Waals surface area contributed by atoms with Crippen LogP contribution >= 0.6 is 0 Å². The number of benzene rings is 2. The van der Waals surface area contributed by atoms with E-state index in [9.17, 15) is 4.79 Å². The molecule has 178 valence electrons. The summed E-state index contributed by atoms with van der Waals surface area (Å²) in [7, 11) is 3.66. The van der Waals surface area contributed by atoms with Gasteiger partial charge in [0.15, 0.2) is 17.3 Å². The molecule has 2 aromatic carbocycles. The van der Waals surface area contributed by atoms with Gasteiger partial charge in [0.2, 0.25) is 12.5 Å². The lowest BCUT2D eigenvalue weighted by atomic mass is 9.90. The molecular weight excluding hydrogens is 436 g/mol. The van der Waals surface area contributed by atoms with Crippen LogP contribution in [0.15, 0.2) is 30.3 Å². The van der Waals surface area contributed by atoms with Crippen molar-refractivity contribution in [3.8, 4) is 22.9 Å². The van der Waals surface area contributed by atoms with E-state index in [1.807, 2.05) is 46.0 Å². The maximum absolute atomic E-state index is 12.8. The van der Waals surface area contributed by atoms with E-state index in [0.717, 1.165) is 24.1 Å². The van der Waals surface area contributed by atoms with Crippen LogP contribution in [0.1, 0.15) is 54.1 Å². The number of aromatic nitrogens is 4. The molecule has 2 aliphatic rings. The zero-order valence-corrected chi connectivity index (χ0v) is 20.0. The average Bonchev–Trinajstić information content (AvgIpc) is 3.46. The van der Waals surface area contributed by atoms with E-state index in [0.29, 0.717) is 34.3 Å². The Morgan fingerprint density at radius 3 is 2.82 bits per heavy atom. The lowest BCUT2D eigenvalue weighted by Crippen LogP contribution is -2.40. The fourth-order valence-corrected chi connectivity index (χ4v) is 4.50. The second-order valence-electron chi connectivity index (χ2n) is 9.55. The molecule has 0 radical (unpaired) electrons. The molecule has 0 bridgehead atoms. The van der Waals surface area contributed by atoms with Crippen molar-refractivity contribution in [3.63, 3.8) is 0 Å². The summed E-state index contributed by atoms with van der Waals surface area (Å²) >= 11 is 0. The number of likely N-dealkylation sites (N-methyl/N-ethyl adjacent to an activating group) is 1. The highest BCUT2D eigenvalue weighted by Gasteiger charge is 2.37. The first-order valence-corrected chi connectivity index (χ1v) is 11.2. The van der Waals surface area contributed by atoms with E-state index < -0.39 is 0 Å². The van der Waals surface area contributed by atoms with Crippen molar-refractivity contribution in [1.29, 1.82) is 0 Å². The average molecular weight is 465 g/mol. The number of methoxy groups -OCH3 is 1. The Hall–Kier alpha value is -3.66. The molecule has 0 saturated heterocycles. The molecule has 10 nitrogen and oxygen atoms in total. The van der Waals surface area contributed by atoms with Gasteiger partial charge in [0.05, 0.1) is 12.8 Å². The van der Waals surface area contributed by atoms with Gasteiger partial charge >= 0.3 is 0 Å². The lowest BCUT2D eigenvalue weighted by Gasteiger charge is -2.34. The van der Waals surface area contributed by atoms with Crippen LogP contribution in [0.2, 0.25) is 0 Å². The number of nitrogens with zero attached hydrogens (tertiary/aromatic N) is 5. The monoisotopic (exact) mass is 464 g/mol. The molecule has 2 aliphatic heterocycles. The van der Waals surface area contributed by atoms with Crippen molar-refractivity contribution in [2.75, 3.05) is 27.5 Å². The maximum atomic E-state index is 12.8. The summed E-state index contributed by atoms with van der Waals surface area (Å²) in [6, 6.07) is 9.02. The Balaban J connectivity index is 1.59. The summed E-state index contributed by atoms with van der Waals surface area (Å²) in [5.74, 6) is 2.39. The molecule has 0 saturated carbocycles. The smallest absolute Gasteiger partial charge is 0.251 e. The van der Waals surface area contributed by atoms with Crippen molar-refractivity contribution >= 4 is 5.91 Å². The fourth-order valence-electron chi connectivity index (χ4n) is 4.50. The van der Waals surface area contributed by atoms with E-state index in [2.05, 4.69) is 25.7 Å². The van der Waals surface area contributed by atoms with Gasteiger partial charge in [-0.2, -0.15) is 4.68 Å². The number of carbonyl (C=O) groups excluding carboxylic acids is 1. The summed E-state index contributed by atoms with van der Waals surface area (Å²) in [5.41, 5.74) is 2.95. The number of hydrogen-bond acceptors (Lipinski definition) is 8. The highest BCUT2D eigenvalue weighted by Crippen LogP contribution is 2.50. The molecule has 1 aromatic heterocycles. The van der Waals surface area contributed by atoms with Gasteiger partial charge in [-0.1, -0.05) is 6.07 Å². The quantitative estimate of drug-likeness (QED) is 0.628. The Morgan fingerprint density at radius 1 is 1.24 bits per heavy atom. The fraction of sp³-hybridized carbons (Fsp3) is 0.417. The SMILES string of the molecule is COc1c2c(cc3c1C(c1nnnn1-c1cccc(C(=O)NC(C)(C)C)c1)N(C)CC3)OCO2. The van der Waals surface area contributed by atoms with Crippen LogP contribution in [0.5, 0.6) is 17.2 Å². The Bertz CT molecular complexity index is 1250. The number of rotatable bonds is 4. The van der Waals surface area contributed by atoms with Gasteiger partial charge in [-0.15, -0.1) is 5.10 Å². The first-order chi connectivity index (χ1) is 16.3. The van der Waals surface area contributed by atoms with Crippen molar-refractivity contribution in [2.24, 2.45) is 0 Å². The molecule has 3 heterocycles. The second kappa shape index (κ2) is 8.28. The Morgan fingerprint density at radius 2 is 2.06 bits per heavy atom. The van der Waals surface area contributed by atoms with E-state index >= 15 is 0 Å². The molecule has 1 atom stereocenters. The van der Waals surface area contributed by atoms with E-state index in [1.54, 1.807) is 23.9 Å². The van der Waals surface area contributed by atoms with E-state index in [-0.39, 0.29) is 24.3 Å². The number of fused-ring (bicyclic) bond motifs is 2. The number of ether oxygens (including phenoxy) is 3. The zero-order chi connectivity index (χ0) is 24.0. The van der Waals surface area contributed by atoms with E-state index in [1.165, 1.54) is 0 Å². The van der Waals surface area contributed by atoms with Gasteiger partial charge in [-0.05, 0) is 74.5 Å². The number of nitrogens with one attached hydrogen (secondary N) is 1. The zero-order valence-electron chi connectivity index (χ0n) is 20.0. The summed E-state index contributed by atoms with van der Waals surface area (Å²) in [4.78, 5) is 14.9. The van der Waals surface area contributed by atoms with Gasteiger partial charge in [-0.25, -0.2) is 0 Å². The van der Waals surface area contributed by atoms with Crippen LogP contribution in [0, 0.1) is 0 Å². The normalized spacial score (nSPS) is 17.4. The van der Waals surface area contributed by atoms with Crippen molar-refractivity contribution in [1.82, 2.24) is 30.4 Å². The molecule has 34 heavy (non-hydrogen) atoms. The minimum atomic E-state index is -0.343. The van der Waals surface area contributed by atoms with Crippen LogP contribution in [0.3, 0.4) is 0 Å². The summed E-state index contributed by atoms with van der Waals surface area (Å²) in [6.45, 7) is 6.81. The Labute approximate surface area is 197 Å². The van der Waals surface area contributed by atoms with Crippen molar-refractivity contribution in [3.05, 3.63) is 52.8 Å². The topological polar surface area (TPSA) is 104 Å². The predicted molar refractivity (Wildman–Crippen MR) is 124 cm³/mol. The van der Waals surface area contributed by atoms with Gasteiger partial charge < -0.3 is 19.5 Å². The summed E-state index contributed by atoms with van der Waals surface area (Å²) in [6.07, 6.45) is 0.833. The third-order valence-corrected chi connectivity index (χ3v) is 5.98. The molecule has 0 fully saturated rings. The highest BCUT2D eigenvalue weighted by atomic mass is 16.7. The van der Waals surface area contributed by atoms with Gasteiger partial charge in [-0.3, -0.25) is 9.69 Å². The molecule has 1 unspecified atom stereocenters. The highest BCUT2D eigenvalue weighted by molar-refractivity contribution is 5.95. The van der Waals surface area contributed by atoms with Crippen molar-refractivity contribution in [2.45, 2.75) is 38.8 Å². The summed E-state index contributed by atoms with van der Waals surface area (Å²) in [5, 5.41) is 15.6. The largest absolute Gasteiger partial charge is 0.492 e. The van der Waals surface area contributed by atoms with Crippen LogP contribution in [-0.4, -0.2) is 64.0 Å². The Kier molecular flexibility index (Phi) is 5.40. The van der Waals surface area contributed by atoms with Gasteiger partial charge in [0.25, 0.3) is 5.91 Å². The third kappa shape index (κ3) is 3.83. The van der Waals surface area contributed by atoms with Crippen LogP contribution in [0.4, 0.5) is 0 Å². The van der Waals surface area contributed by atoms with E-state index in [4.69, 9.17) is 14.2 Å². The minimum absolute atomic E-state index is 0.154. The van der Waals surface area contributed by atoms with Crippen LogP contribution in [-0.2, 0) is 6.42 Å². The number of carbonyl (C=O) groups is 1. The first-order valence-electron chi connectivity index (χ1n) is 11.2. The predicted octanol–water partition coefficient (Wildman–Crippen LogP) is 2.51. The molecule has 0 spiro atoms. The van der Waals surface area contributed by atoms with Crippen LogP contribution < -0.4 is 19.5 Å². The summed E-state index contributed by atoms with van der Waals surface area (Å²) < 4.78 is 18.8. The lowest BCUT2D eigenvalue weighted by molar-refractivity contribution is 0.0919. The maximum Gasteiger partial charge on any atom is 0.251 e. The van der Waals surface area contributed by atoms with Crippen molar-refractivity contribution < 1.29 is 19.0 Å². The van der Waals surface area contributed by atoms with Gasteiger partial charge in [0.1, 0.15) is 6.04 Å². The number of tetrazole rings is 1. The second-order valence-corrected chi connectivity index (χ2v) is 9.55. The first kappa shape index (κ1) is 22.1. The molecule has 5 rings (SSSR count). The molecule has 10 heteroatoms. The van der Waals surface area contributed by atoms with Gasteiger partial charge in [0, 0.05) is 23.2 Å². The number of amides is 1. The molecule has 1 amide bonds. The number of hydrogen-bond donors (Lipinski definition) is 1. The molecule has 0 aliphatic carbocycles. The molecule has 1 N–H and O–H groups in total. The minimum Gasteiger partial charge on any atom is -0.492 e. The molecular formula is C24H28N6O4. The van der Waals surface area contributed by atoms with Crippen LogP contribution in [0.25, 0.3) is 5.69 Å². The standard InChI is InChI=1S/C24H28N6O4/c1-24(2,3)25-23(31)15-7-6-8-16(11-15)30-22(26-27-28-30)19-18-14(9-10-29(19)4)12-17-20(21(18)32-5)34-13-33-17/h6-8,11-12,19H,9-10,13H2,1-5H3,(H,25,31). The molecule has 3 aromatic rings. The third-order valence-electron chi connectivity index (χ3n) is 5.98.